The van der Waals surface area contributed by atoms with Crippen molar-refractivity contribution in [3.05, 3.63) is 12.0 Å². The highest BCUT2D eigenvalue weighted by atomic mass is 16.2. The summed E-state index contributed by atoms with van der Waals surface area (Å²) in [5, 5.41) is 2.82. The molecule has 0 unspecified atom stereocenters. The number of anilines is 1. The van der Waals surface area contributed by atoms with Gasteiger partial charge in [-0.05, 0) is 0 Å². The quantitative estimate of drug-likeness (QED) is 0.591. The molecule has 1 aliphatic heterocycles. The Labute approximate surface area is 76.4 Å². The lowest BCUT2D eigenvalue weighted by atomic mass is 10.4. The molecule has 0 spiro atoms. The van der Waals surface area contributed by atoms with Crippen molar-refractivity contribution in [3.8, 4) is 0 Å². The van der Waals surface area contributed by atoms with Crippen molar-refractivity contribution in [2.24, 2.45) is 7.05 Å². The summed E-state index contributed by atoms with van der Waals surface area (Å²) in [7, 11) is 3.76. The highest BCUT2D eigenvalue weighted by Gasteiger charge is 2.22. The van der Waals surface area contributed by atoms with Crippen LogP contribution in [0.4, 0.5) is 5.82 Å². The second kappa shape index (κ2) is 2.76. The molecule has 1 amide bonds. The van der Waals surface area contributed by atoms with E-state index in [2.05, 4.69) is 10.3 Å². The Balaban J connectivity index is 2.53. The number of amides is 1. The molecule has 1 N–H and O–H groups in total. The van der Waals surface area contributed by atoms with Crippen molar-refractivity contribution in [1.29, 1.82) is 0 Å². The molecule has 1 aromatic rings. The van der Waals surface area contributed by atoms with Crippen LogP contribution in [0.3, 0.4) is 0 Å². The predicted molar refractivity (Wildman–Crippen MR) is 48.8 cm³/mol. The van der Waals surface area contributed by atoms with Crippen LogP contribution in [0.2, 0.25) is 0 Å². The highest BCUT2D eigenvalue weighted by molar-refractivity contribution is 5.97. The van der Waals surface area contributed by atoms with E-state index in [0.717, 1.165) is 12.4 Å². The van der Waals surface area contributed by atoms with E-state index in [1.54, 1.807) is 10.9 Å². The van der Waals surface area contributed by atoms with Gasteiger partial charge in [0.15, 0.2) is 11.5 Å². The van der Waals surface area contributed by atoms with Crippen LogP contribution in [-0.2, 0) is 7.05 Å². The molecule has 5 nitrogen and oxygen atoms in total. The van der Waals surface area contributed by atoms with Gasteiger partial charge in [0.1, 0.15) is 0 Å². The molecule has 1 aromatic heterocycles. The topological polar surface area (TPSA) is 50.2 Å². The lowest BCUT2D eigenvalue weighted by molar-refractivity contribution is 0.0950. The number of hydrogen-bond acceptors (Lipinski definition) is 3. The first-order chi connectivity index (χ1) is 6.20. The molecule has 0 aromatic carbocycles. The number of hydrogen-bond donors (Lipinski definition) is 1. The Morgan fingerprint density at radius 2 is 2.31 bits per heavy atom. The van der Waals surface area contributed by atoms with Crippen LogP contribution in [0.25, 0.3) is 0 Å². The molecule has 0 fully saturated rings. The van der Waals surface area contributed by atoms with E-state index < -0.39 is 0 Å². The molecule has 2 heterocycles. The largest absolute Gasteiger partial charge is 0.356 e. The number of carbonyl (C=O) groups is 1. The van der Waals surface area contributed by atoms with Crippen LogP contribution in [0, 0.1) is 0 Å². The minimum atomic E-state index is -0.0423. The van der Waals surface area contributed by atoms with Crippen LogP contribution in [0.1, 0.15) is 10.5 Å². The van der Waals surface area contributed by atoms with Crippen LogP contribution >= 0.6 is 0 Å². The summed E-state index contributed by atoms with van der Waals surface area (Å²) in [6.07, 6.45) is 1.66. The predicted octanol–water partition coefficient (Wildman–Crippen LogP) is -0.400. The average molecular weight is 180 g/mol. The second-order valence-corrected chi connectivity index (χ2v) is 3.21. The van der Waals surface area contributed by atoms with Crippen molar-refractivity contribution in [3.63, 3.8) is 0 Å². The van der Waals surface area contributed by atoms with Gasteiger partial charge in [0.25, 0.3) is 5.91 Å². The zero-order chi connectivity index (χ0) is 9.42. The van der Waals surface area contributed by atoms with Gasteiger partial charge in [-0.2, -0.15) is 0 Å². The number of aromatic nitrogens is 2. The van der Waals surface area contributed by atoms with Crippen molar-refractivity contribution in [1.82, 2.24) is 14.9 Å². The Hall–Kier alpha value is -1.52. The molecule has 0 atom stereocenters. The summed E-state index contributed by atoms with van der Waals surface area (Å²) in [5.74, 6) is 0.719. The third-order valence-electron chi connectivity index (χ3n) is 2.23. The van der Waals surface area contributed by atoms with Gasteiger partial charge in [0.05, 0.1) is 6.33 Å². The Morgan fingerprint density at radius 1 is 1.54 bits per heavy atom. The molecule has 0 aliphatic carbocycles. The third kappa shape index (κ3) is 1.16. The van der Waals surface area contributed by atoms with E-state index in [4.69, 9.17) is 0 Å². The zero-order valence-electron chi connectivity index (χ0n) is 7.74. The lowest BCUT2D eigenvalue weighted by Crippen LogP contribution is -2.28. The van der Waals surface area contributed by atoms with E-state index in [0.29, 0.717) is 12.2 Å². The molecular formula is C8H12N4O. The second-order valence-electron chi connectivity index (χ2n) is 3.21. The molecule has 13 heavy (non-hydrogen) atoms. The van der Waals surface area contributed by atoms with Crippen molar-refractivity contribution in [2.75, 3.05) is 25.0 Å². The average Bonchev–Trinajstić information content (AvgIpc) is 2.40. The molecular weight excluding hydrogens is 168 g/mol. The molecule has 0 saturated heterocycles. The smallest absolute Gasteiger partial charge is 0.271 e. The molecule has 0 bridgehead atoms. The SMILES string of the molecule is CN1CCNC(=O)c2c1ncn2C. The normalized spacial score (nSPS) is 16.5. The summed E-state index contributed by atoms with van der Waals surface area (Å²) < 4.78 is 1.74. The number of fused-ring (bicyclic) bond motifs is 1. The number of imidazole rings is 1. The maximum atomic E-state index is 11.5. The minimum absolute atomic E-state index is 0.0423. The van der Waals surface area contributed by atoms with Gasteiger partial charge in [-0.3, -0.25) is 4.79 Å². The molecule has 70 valence electrons. The molecule has 5 heteroatoms. The first-order valence-electron chi connectivity index (χ1n) is 4.21. The number of aryl methyl sites for hydroxylation is 1. The molecule has 2 rings (SSSR count). The Kier molecular flexibility index (Phi) is 1.72. The van der Waals surface area contributed by atoms with Crippen molar-refractivity contribution in [2.45, 2.75) is 0 Å². The summed E-state index contributed by atoms with van der Waals surface area (Å²) in [4.78, 5) is 17.7. The van der Waals surface area contributed by atoms with Crippen molar-refractivity contribution >= 4 is 11.7 Å². The van der Waals surface area contributed by atoms with Gasteiger partial charge in [-0.25, -0.2) is 4.98 Å². The first kappa shape index (κ1) is 8.10. The fraction of sp³-hybridized carbons (Fsp3) is 0.500. The minimum Gasteiger partial charge on any atom is -0.356 e. The van der Waals surface area contributed by atoms with Gasteiger partial charge in [-0.1, -0.05) is 0 Å². The van der Waals surface area contributed by atoms with E-state index in [9.17, 15) is 4.79 Å². The van der Waals surface area contributed by atoms with Crippen LogP contribution in [0.5, 0.6) is 0 Å². The fourth-order valence-electron chi connectivity index (χ4n) is 1.49. The number of nitrogens with one attached hydrogen (secondary N) is 1. The van der Waals surface area contributed by atoms with E-state index in [-0.39, 0.29) is 5.91 Å². The van der Waals surface area contributed by atoms with Gasteiger partial charge in [0.2, 0.25) is 0 Å². The number of rotatable bonds is 0. The maximum Gasteiger partial charge on any atom is 0.271 e. The first-order valence-corrected chi connectivity index (χ1v) is 4.21. The standard InChI is InChI=1S/C8H12N4O/c1-11-4-3-9-8(13)6-7(11)10-5-12(6)2/h5H,3-4H2,1-2H3,(H,9,13). The number of carbonyl (C=O) groups excluding carboxylic acids is 1. The van der Waals surface area contributed by atoms with Crippen LogP contribution in [0.15, 0.2) is 6.33 Å². The zero-order valence-corrected chi connectivity index (χ0v) is 7.74. The van der Waals surface area contributed by atoms with E-state index >= 15 is 0 Å². The number of likely N-dealkylation sites (N-methyl/N-ethyl adjacent to an activating group) is 1. The van der Waals surface area contributed by atoms with Gasteiger partial charge in [0, 0.05) is 27.2 Å². The summed E-state index contributed by atoms with van der Waals surface area (Å²) in [6.45, 7) is 1.47. The van der Waals surface area contributed by atoms with Gasteiger partial charge < -0.3 is 14.8 Å². The summed E-state index contributed by atoms with van der Waals surface area (Å²) in [6, 6.07) is 0. The monoisotopic (exact) mass is 180 g/mol. The summed E-state index contributed by atoms with van der Waals surface area (Å²) >= 11 is 0. The Morgan fingerprint density at radius 3 is 3.08 bits per heavy atom. The van der Waals surface area contributed by atoms with Crippen LogP contribution < -0.4 is 10.2 Å². The fourth-order valence-corrected chi connectivity index (χ4v) is 1.49. The van der Waals surface area contributed by atoms with E-state index in [1.165, 1.54) is 0 Å². The van der Waals surface area contributed by atoms with Crippen LogP contribution in [-0.4, -0.2) is 35.6 Å². The molecule has 0 radical (unpaired) electrons. The number of nitrogens with zero attached hydrogens (tertiary/aromatic N) is 3. The lowest BCUT2D eigenvalue weighted by Gasteiger charge is -2.12. The van der Waals surface area contributed by atoms with Gasteiger partial charge in [-0.15, -0.1) is 0 Å². The van der Waals surface area contributed by atoms with Gasteiger partial charge >= 0.3 is 0 Å². The Bertz CT molecular complexity index is 344. The van der Waals surface area contributed by atoms with Crippen molar-refractivity contribution < 1.29 is 4.79 Å². The molecule has 0 saturated carbocycles. The third-order valence-corrected chi connectivity index (χ3v) is 2.23. The van der Waals surface area contributed by atoms with E-state index in [1.807, 2.05) is 19.0 Å². The highest BCUT2D eigenvalue weighted by Crippen LogP contribution is 2.17. The molecule has 1 aliphatic rings. The maximum absolute atomic E-state index is 11.5. The summed E-state index contributed by atoms with van der Waals surface area (Å²) in [5.41, 5.74) is 0.639.